The number of dihydropyridines is 1. The normalized spacial score (nSPS) is 19.3. The Hall–Kier alpha value is -3.25. The van der Waals surface area contributed by atoms with Crippen LogP contribution in [0.1, 0.15) is 50.7 Å². The van der Waals surface area contributed by atoms with Crippen molar-refractivity contribution in [1.82, 2.24) is 15.6 Å². The fourth-order valence-corrected chi connectivity index (χ4v) is 6.02. The third kappa shape index (κ3) is 4.62. The summed E-state index contributed by atoms with van der Waals surface area (Å²) in [6.07, 6.45) is 6.06. The maximum absolute atomic E-state index is 13.7. The predicted octanol–water partition coefficient (Wildman–Crippen LogP) is 5.85. The number of rotatable bonds is 6. The second kappa shape index (κ2) is 9.66. The van der Waals surface area contributed by atoms with E-state index in [0.29, 0.717) is 18.5 Å². The molecule has 36 heavy (non-hydrogen) atoms. The molecule has 186 valence electrons. The molecule has 2 aliphatic rings. The van der Waals surface area contributed by atoms with Crippen molar-refractivity contribution in [3.05, 3.63) is 88.4 Å². The van der Waals surface area contributed by atoms with Crippen LogP contribution in [0.4, 0.5) is 0 Å². The van der Waals surface area contributed by atoms with Gasteiger partial charge in [0.15, 0.2) is 5.78 Å². The summed E-state index contributed by atoms with van der Waals surface area (Å²) in [5, 5.41) is 7.78. The van der Waals surface area contributed by atoms with Crippen molar-refractivity contribution in [2.75, 3.05) is 12.8 Å². The topological polar surface area (TPSA) is 74.0 Å². The van der Waals surface area contributed by atoms with Gasteiger partial charge in [0.1, 0.15) is 0 Å². The van der Waals surface area contributed by atoms with Crippen LogP contribution in [0.25, 0.3) is 10.9 Å². The maximum atomic E-state index is 13.7. The number of amides is 1. The van der Waals surface area contributed by atoms with Crippen molar-refractivity contribution in [2.45, 2.75) is 50.8 Å². The van der Waals surface area contributed by atoms with Crippen LogP contribution in [0.5, 0.6) is 0 Å². The molecule has 5 nitrogen and oxygen atoms in total. The van der Waals surface area contributed by atoms with Gasteiger partial charge in [-0.3, -0.25) is 9.59 Å². The van der Waals surface area contributed by atoms with Gasteiger partial charge >= 0.3 is 0 Å². The number of hydrogen-bond donors (Lipinski definition) is 3. The van der Waals surface area contributed by atoms with Crippen molar-refractivity contribution in [3.8, 4) is 0 Å². The number of carbonyl (C=O) groups excluding carboxylic acids is 2. The highest BCUT2D eigenvalue weighted by atomic mass is 32.2. The number of para-hydroxylation sites is 1. The zero-order valence-electron chi connectivity index (χ0n) is 21.3. The fraction of sp³-hybridized carbons (Fsp3) is 0.333. The van der Waals surface area contributed by atoms with E-state index in [1.54, 1.807) is 11.8 Å². The molecule has 1 aliphatic carbocycles. The van der Waals surface area contributed by atoms with E-state index in [4.69, 9.17) is 0 Å². The van der Waals surface area contributed by atoms with Crippen LogP contribution >= 0.6 is 11.8 Å². The summed E-state index contributed by atoms with van der Waals surface area (Å²) in [6, 6.07) is 16.5. The molecule has 5 rings (SSSR count). The second-order valence-corrected chi connectivity index (χ2v) is 11.4. The molecule has 3 N–H and O–H groups in total. The molecular formula is C30H33N3O2S. The van der Waals surface area contributed by atoms with Crippen molar-refractivity contribution in [2.24, 2.45) is 5.41 Å². The minimum absolute atomic E-state index is 0.102. The van der Waals surface area contributed by atoms with Crippen molar-refractivity contribution in [3.63, 3.8) is 0 Å². The molecule has 1 amide bonds. The summed E-state index contributed by atoms with van der Waals surface area (Å²) >= 11 is 1.68. The lowest BCUT2D eigenvalue weighted by molar-refractivity contribution is -0.118. The highest BCUT2D eigenvalue weighted by Gasteiger charge is 2.42. The number of ketones is 1. The van der Waals surface area contributed by atoms with Crippen LogP contribution in [-0.4, -0.2) is 29.5 Å². The SMILES string of the molecule is CSc1ccc(C2C(C(=O)NCCc3c[nH]c4ccccc34)=C(C)NC3=C2C(=O)CC(C)(C)C3)cc1. The first-order valence-electron chi connectivity index (χ1n) is 12.5. The Morgan fingerprint density at radius 1 is 1.11 bits per heavy atom. The van der Waals surface area contributed by atoms with Crippen molar-refractivity contribution >= 4 is 34.4 Å². The minimum atomic E-state index is -0.367. The minimum Gasteiger partial charge on any atom is -0.362 e. The van der Waals surface area contributed by atoms with E-state index in [1.807, 2.05) is 31.5 Å². The number of benzene rings is 2. The average Bonchev–Trinajstić information content (AvgIpc) is 3.25. The highest BCUT2D eigenvalue weighted by Crippen LogP contribution is 2.46. The molecule has 0 radical (unpaired) electrons. The van der Waals surface area contributed by atoms with E-state index in [9.17, 15) is 9.59 Å². The van der Waals surface area contributed by atoms with E-state index in [2.05, 4.69) is 65.9 Å². The first-order chi connectivity index (χ1) is 17.3. The van der Waals surface area contributed by atoms with Gasteiger partial charge in [-0.05, 0) is 60.8 Å². The lowest BCUT2D eigenvalue weighted by Crippen LogP contribution is -2.41. The van der Waals surface area contributed by atoms with Crippen LogP contribution < -0.4 is 10.6 Å². The number of nitrogens with one attached hydrogen (secondary N) is 3. The molecule has 1 aromatic heterocycles. The first-order valence-corrected chi connectivity index (χ1v) is 13.7. The summed E-state index contributed by atoms with van der Waals surface area (Å²) in [7, 11) is 0. The molecule has 6 heteroatoms. The first kappa shape index (κ1) is 24.4. The van der Waals surface area contributed by atoms with E-state index in [-0.39, 0.29) is 23.0 Å². The molecular weight excluding hydrogens is 466 g/mol. The van der Waals surface area contributed by atoms with Crippen LogP contribution in [0, 0.1) is 5.41 Å². The quantitative estimate of drug-likeness (QED) is 0.372. The molecule has 1 unspecified atom stereocenters. The van der Waals surface area contributed by atoms with Crippen LogP contribution in [0.15, 0.2) is 82.2 Å². The predicted molar refractivity (Wildman–Crippen MR) is 147 cm³/mol. The van der Waals surface area contributed by atoms with Crippen LogP contribution in [-0.2, 0) is 16.0 Å². The summed E-state index contributed by atoms with van der Waals surface area (Å²) in [5.74, 6) is -0.360. The van der Waals surface area contributed by atoms with Gasteiger partial charge in [0.2, 0.25) is 5.91 Å². The number of fused-ring (bicyclic) bond motifs is 1. The third-order valence-electron chi connectivity index (χ3n) is 7.29. The highest BCUT2D eigenvalue weighted by molar-refractivity contribution is 7.98. The fourth-order valence-electron chi connectivity index (χ4n) is 5.61. The standard InChI is InChI=1S/C30H33N3O2S/c1-18-26(29(35)31-14-13-20-17-32-23-8-6-5-7-22(20)23)27(19-9-11-21(36-4)12-10-19)28-24(33-18)15-30(2,3)16-25(28)34/h5-12,17,27,32-33H,13-16H2,1-4H3,(H,31,35). The van der Waals surface area contributed by atoms with Gasteiger partial charge in [-0.15, -0.1) is 11.8 Å². The van der Waals surface area contributed by atoms with Gasteiger partial charge < -0.3 is 15.6 Å². The van der Waals surface area contributed by atoms with Gasteiger partial charge in [-0.25, -0.2) is 0 Å². The molecule has 0 saturated carbocycles. The average molecular weight is 500 g/mol. The van der Waals surface area contributed by atoms with Crippen LogP contribution in [0.2, 0.25) is 0 Å². The zero-order valence-corrected chi connectivity index (χ0v) is 22.1. The van der Waals surface area contributed by atoms with Gasteiger partial charge in [0.25, 0.3) is 0 Å². The van der Waals surface area contributed by atoms with Gasteiger partial charge in [0, 0.05) is 63.4 Å². The van der Waals surface area contributed by atoms with Gasteiger partial charge in [-0.2, -0.15) is 0 Å². The van der Waals surface area contributed by atoms with Gasteiger partial charge in [0.05, 0.1) is 0 Å². The van der Waals surface area contributed by atoms with E-state index < -0.39 is 0 Å². The largest absolute Gasteiger partial charge is 0.362 e. The maximum Gasteiger partial charge on any atom is 0.249 e. The van der Waals surface area contributed by atoms with E-state index in [0.717, 1.165) is 45.8 Å². The number of H-pyrrole nitrogens is 1. The van der Waals surface area contributed by atoms with Crippen molar-refractivity contribution in [1.29, 1.82) is 0 Å². The smallest absolute Gasteiger partial charge is 0.249 e. The summed E-state index contributed by atoms with van der Waals surface area (Å²) in [5.41, 5.74) is 6.33. The Labute approximate surface area is 216 Å². The Balaban J connectivity index is 1.44. The number of carbonyl (C=O) groups is 2. The molecule has 2 heterocycles. The number of allylic oxidation sites excluding steroid dienone is 3. The van der Waals surface area contributed by atoms with Crippen LogP contribution in [0.3, 0.4) is 0 Å². The molecule has 0 saturated heterocycles. The third-order valence-corrected chi connectivity index (χ3v) is 8.03. The molecule has 2 aromatic carbocycles. The molecule has 1 aliphatic heterocycles. The molecule has 0 spiro atoms. The number of hydrogen-bond acceptors (Lipinski definition) is 4. The number of thioether (sulfide) groups is 1. The molecule has 0 fully saturated rings. The lowest BCUT2D eigenvalue weighted by atomic mass is 9.68. The molecule has 3 aromatic rings. The van der Waals surface area contributed by atoms with E-state index >= 15 is 0 Å². The van der Waals surface area contributed by atoms with E-state index in [1.165, 1.54) is 10.9 Å². The Bertz CT molecular complexity index is 1400. The summed E-state index contributed by atoms with van der Waals surface area (Å²) in [6.45, 7) is 6.73. The number of aromatic nitrogens is 1. The van der Waals surface area contributed by atoms with Gasteiger partial charge in [-0.1, -0.05) is 44.2 Å². The monoisotopic (exact) mass is 499 g/mol. The molecule has 1 atom stereocenters. The number of Topliss-reactive ketones (excluding diaryl/α,β-unsaturated/α-hetero) is 1. The second-order valence-electron chi connectivity index (χ2n) is 10.6. The Kier molecular flexibility index (Phi) is 6.56. The Morgan fingerprint density at radius 3 is 2.61 bits per heavy atom. The zero-order chi connectivity index (χ0) is 25.4. The number of aromatic amines is 1. The summed E-state index contributed by atoms with van der Waals surface area (Å²) in [4.78, 5) is 31.6. The summed E-state index contributed by atoms with van der Waals surface area (Å²) < 4.78 is 0. The molecule has 0 bridgehead atoms. The lowest BCUT2D eigenvalue weighted by Gasteiger charge is -2.39. The van der Waals surface area contributed by atoms with Crippen molar-refractivity contribution < 1.29 is 9.59 Å². The Morgan fingerprint density at radius 2 is 1.86 bits per heavy atom.